The molecule has 2 N–H and O–H groups in total. The van der Waals surface area contributed by atoms with Gasteiger partial charge in [0.2, 0.25) is 0 Å². The molecule has 0 spiro atoms. The number of carbonyl (C=O) groups excluding carboxylic acids is 1. The molecule has 1 unspecified atom stereocenters. The van der Waals surface area contributed by atoms with Gasteiger partial charge in [-0.25, -0.2) is 4.79 Å². The summed E-state index contributed by atoms with van der Waals surface area (Å²) in [6, 6.07) is -0.241. The van der Waals surface area contributed by atoms with Gasteiger partial charge in [0.05, 0.1) is 7.11 Å². The molecule has 4 heteroatoms. The normalized spacial score (nSPS) is 22.7. The maximum Gasteiger partial charge on any atom is 0.330 e. The van der Waals surface area contributed by atoms with Gasteiger partial charge in [-0.1, -0.05) is 0 Å². The Hall–Kier alpha value is -1.19. The van der Waals surface area contributed by atoms with Gasteiger partial charge in [0.15, 0.2) is 0 Å². The van der Waals surface area contributed by atoms with E-state index >= 15 is 0 Å². The van der Waals surface area contributed by atoms with Crippen molar-refractivity contribution >= 4 is 5.97 Å². The Balaban J connectivity index is 2.41. The molecule has 0 aromatic carbocycles. The number of hydrogen-bond acceptors (Lipinski definition) is 4. The van der Waals surface area contributed by atoms with Gasteiger partial charge < -0.3 is 15.4 Å². The van der Waals surface area contributed by atoms with Crippen molar-refractivity contribution in [2.24, 2.45) is 0 Å². The molecule has 1 rings (SSSR count). The predicted molar refractivity (Wildman–Crippen MR) is 36.1 cm³/mol. The predicted octanol–water partition coefficient (Wildman–Crippen LogP) is -0.808. The summed E-state index contributed by atoms with van der Waals surface area (Å²) in [4.78, 5) is 10.8. The van der Waals surface area contributed by atoms with Gasteiger partial charge >= 0.3 is 5.97 Å². The molecule has 0 saturated heterocycles. The molecule has 4 nitrogen and oxygen atoms in total. The highest BCUT2D eigenvalue weighted by atomic mass is 16.5. The minimum Gasteiger partial charge on any atom is -0.467 e. The Kier molecular flexibility index (Phi) is 2.15. The van der Waals surface area contributed by atoms with E-state index in [4.69, 9.17) is 0 Å². The molecule has 56 valence electrons. The van der Waals surface area contributed by atoms with Crippen LogP contribution in [-0.4, -0.2) is 25.7 Å². The van der Waals surface area contributed by atoms with Gasteiger partial charge in [0.25, 0.3) is 0 Å². The molecule has 1 aliphatic heterocycles. The fraction of sp³-hybridized carbons (Fsp3) is 0.500. The van der Waals surface area contributed by atoms with Crippen LogP contribution in [0.3, 0.4) is 0 Å². The highest BCUT2D eigenvalue weighted by Gasteiger charge is 2.17. The maximum atomic E-state index is 10.8. The zero-order valence-electron chi connectivity index (χ0n) is 5.76. The number of methoxy groups -OCH3 is 1. The molecule has 0 fully saturated rings. The average Bonchev–Trinajstić information content (AvgIpc) is 2.05. The SMILES string of the molecule is COC(=O)C1CNC=CN1. The summed E-state index contributed by atoms with van der Waals surface area (Å²) < 4.78 is 4.51. The van der Waals surface area contributed by atoms with Crippen LogP contribution in [0.1, 0.15) is 0 Å². The first-order chi connectivity index (χ1) is 4.84. The summed E-state index contributed by atoms with van der Waals surface area (Å²) >= 11 is 0. The van der Waals surface area contributed by atoms with Crippen LogP contribution < -0.4 is 10.6 Å². The van der Waals surface area contributed by atoms with E-state index in [9.17, 15) is 4.79 Å². The maximum absolute atomic E-state index is 10.8. The Morgan fingerprint density at radius 1 is 1.70 bits per heavy atom. The fourth-order valence-corrected chi connectivity index (χ4v) is 0.762. The summed E-state index contributed by atoms with van der Waals surface area (Å²) in [6.07, 6.45) is 3.44. The molecule has 0 amide bonds. The molecule has 0 saturated carbocycles. The summed E-state index contributed by atoms with van der Waals surface area (Å²) in [5, 5.41) is 5.76. The first kappa shape index (κ1) is 6.92. The third-order valence-corrected chi connectivity index (χ3v) is 1.31. The van der Waals surface area contributed by atoms with E-state index in [1.807, 2.05) is 0 Å². The lowest BCUT2D eigenvalue weighted by molar-refractivity contribution is -0.142. The van der Waals surface area contributed by atoms with Crippen molar-refractivity contribution in [1.82, 2.24) is 10.6 Å². The molecule has 1 atom stereocenters. The van der Waals surface area contributed by atoms with E-state index in [2.05, 4.69) is 15.4 Å². The Morgan fingerprint density at radius 3 is 3.00 bits per heavy atom. The molecule has 0 bridgehead atoms. The number of hydrogen-bond donors (Lipinski definition) is 2. The fourth-order valence-electron chi connectivity index (χ4n) is 0.762. The quantitative estimate of drug-likeness (QED) is 0.470. The Morgan fingerprint density at radius 2 is 2.50 bits per heavy atom. The molecular formula is C6H10N2O2. The second kappa shape index (κ2) is 3.10. The third-order valence-electron chi connectivity index (χ3n) is 1.31. The van der Waals surface area contributed by atoms with E-state index in [0.717, 1.165) is 0 Å². The molecule has 10 heavy (non-hydrogen) atoms. The van der Waals surface area contributed by atoms with Crippen molar-refractivity contribution in [3.8, 4) is 0 Å². The summed E-state index contributed by atoms with van der Waals surface area (Å²) in [6.45, 7) is 0.586. The van der Waals surface area contributed by atoms with E-state index in [1.165, 1.54) is 7.11 Å². The van der Waals surface area contributed by atoms with Gasteiger partial charge in [-0.2, -0.15) is 0 Å². The topological polar surface area (TPSA) is 50.4 Å². The zero-order chi connectivity index (χ0) is 7.40. The van der Waals surface area contributed by atoms with Gasteiger partial charge in [-0.3, -0.25) is 0 Å². The average molecular weight is 142 g/mol. The lowest BCUT2D eigenvalue weighted by Crippen LogP contribution is -2.44. The third kappa shape index (κ3) is 1.40. The van der Waals surface area contributed by atoms with Crippen molar-refractivity contribution in [1.29, 1.82) is 0 Å². The lowest BCUT2D eigenvalue weighted by Gasteiger charge is -2.18. The lowest BCUT2D eigenvalue weighted by atomic mass is 10.3. The van der Waals surface area contributed by atoms with Crippen molar-refractivity contribution in [2.45, 2.75) is 6.04 Å². The smallest absolute Gasteiger partial charge is 0.330 e. The minimum atomic E-state index is -0.241. The van der Waals surface area contributed by atoms with Crippen molar-refractivity contribution in [3.05, 3.63) is 12.4 Å². The van der Waals surface area contributed by atoms with E-state index in [-0.39, 0.29) is 12.0 Å². The van der Waals surface area contributed by atoms with Crippen LogP contribution in [0.15, 0.2) is 12.4 Å². The van der Waals surface area contributed by atoms with Crippen LogP contribution in [-0.2, 0) is 9.53 Å². The summed E-state index contributed by atoms with van der Waals surface area (Å²) in [5.41, 5.74) is 0. The van der Waals surface area contributed by atoms with Gasteiger partial charge in [0, 0.05) is 18.9 Å². The van der Waals surface area contributed by atoms with Gasteiger partial charge in [-0.15, -0.1) is 0 Å². The molecule has 0 radical (unpaired) electrons. The Labute approximate surface area is 59.2 Å². The number of nitrogens with one attached hydrogen (secondary N) is 2. The Bertz CT molecular complexity index is 156. The standard InChI is InChI=1S/C6H10N2O2/c1-10-6(9)5-4-7-2-3-8-5/h2-3,5,7-8H,4H2,1H3. The second-order valence-corrected chi connectivity index (χ2v) is 1.98. The van der Waals surface area contributed by atoms with E-state index in [1.54, 1.807) is 12.4 Å². The molecule has 0 aromatic heterocycles. The largest absolute Gasteiger partial charge is 0.467 e. The molecule has 1 aliphatic rings. The monoisotopic (exact) mass is 142 g/mol. The van der Waals surface area contributed by atoms with Crippen molar-refractivity contribution in [2.75, 3.05) is 13.7 Å². The molecule has 0 aliphatic carbocycles. The van der Waals surface area contributed by atoms with Crippen molar-refractivity contribution in [3.63, 3.8) is 0 Å². The zero-order valence-corrected chi connectivity index (χ0v) is 5.76. The first-order valence-electron chi connectivity index (χ1n) is 3.07. The number of esters is 1. The van der Waals surface area contributed by atoms with E-state index in [0.29, 0.717) is 6.54 Å². The van der Waals surface area contributed by atoms with Crippen LogP contribution in [0, 0.1) is 0 Å². The summed E-state index contributed by atoms with van der Waals surface area (Å²) in [5.74, 6) is -0.239. The second-order valence-electron chi connectivity index (χ2n) is 1.98. The number of ether oxygens (including phenoxy) is 1. The van der Waals surface area contributed by atoms with Crippen LogP contribution in [0.5, 0.6) is 0 Å². The minimum absolute atomic E-state index is 0.239. The number of carbonyl (C=O) groups is 1. The van der Waals surface area contributed by atoms with Crippen molar-refractivity contribution < 1.29 is 9.53 Å². The highest BCUT2D eigenvalue weighted by Crippen LogP contribution is 1.89. The highest BCUT2D eigenvalue weighted by molar-refractivity contribution is 5.76. The van der Waals surface area contributed by atoms with Crippen LogP contribution in [0.4, 0.5) is 0 Å². The molecule has 1 heterocycles. The van der Waals surface area contributed by atoms with Gasteiger partial charge in [-0.05, 0) is 0 Å². The molecule has 0 aromatic rings. The van der Waals surface area contributed by atoms with Crippen LogP contribution in [0.2, 0.25) is 0 Å². The molecular weight excluding hydrogens is 132 g/mol. The van der Waals surface area contributed by atoms with Crippen LogP contribution in [0.25, 0.3) is 0 Å². The van der Waals surface area contributed by atoms with Crippen LogP contribution >= 0.6 is 0 Å². The van der Waals surface area contributed by atoms with Gasteiger partial charge in [0.1, 0.15) is 6.04 Å². The summed E-state index contributed by atoms with van der Waals surface area (Å²) in [7, 11) is 1.38. The van der Waals surface area contributed by atoms with E-state index < -0.39 is 0 Å². The first-order valence-corrected chi connectivity index (χ1v) is 3.07. The number of rotatable bonds is 1.